The molecule has 1 atom stereocenters. The Morgan fingerprint density at radius 1 is 1.23 bits per heavy atom. The Kier molecular flexibility index (Phi) is 6.79. The van der Waals surface area contributed by atoms with Crippen molar-refractivity contribution in [2.24, 2.45) is 5.92 Å². The van der Waals surface area contributed by atoms with Crippen LogP contribution in [-0.4, -0.2) is 36.9 Å². The van der Waals surface area contributed by atoms with Crippen LogP contribution in [0.25, 0.3) is 0 Å². The molecule has 9 heteroatoms. The molecule has 0 saturated carbocycles. The van der Waals surface area contributed by atoms with Crippen LogP contribution in [0.2, 0.25) is 5.02 Å². The lowest BCUT2D eigenvalue weighted by atomic mass is 9.96. The van der Waals surface area contributed by atoms with Crippen LogP contribution in [0.4, 0.5) is 18.9 Å². The molecule has 1 unspecified atom stereocenters. The van der Waals surface area contributed by atoms with E-state index in [1.54, 1.807) is 19.1 Å². The fourth-order valence-electron chi connectivity index (χ4n) is 3.55. The molecular formula is C22H22ClF3N2O3. The Hall–Kier alpha value is -2.74. The summed E-state index contributed by atoms with van der Waals surface area (Å²) in [5.74, 6) is -0.897. The number of piperidine rings is 1. The van der Waals surface area contributed by atoms with Crippen LogP contribution in [0.1, 0.15) is 34.3 Å². The number of alkyl halides is 3. The molecule has 166 valence electrons. The van der Waals surface area contributed by atoms with Crippen molar-refractivity contribution in [1.82, 2.24) is 4.90 Å². The number of amides is 2. The molecule has 1 N–H and O–H groups in total. The van der Waals surface area contributed by atoms with E-state index in [0.29, 0.717) is 35.8 Å². The maximum atomic E-state index is 13.0. The van der Waals surface area contributed by atoms with Crippen LogP contribution in [-0.2, 0) is 11.0 Å². The molecule has 1 saturated heterocycles. The minimum absolute atomic E-state index is 0.0501. The summed E-state index contributed by atoms with van der Waals surface area (Å²) in [7, 11) is 1.47. The topological polar surface area (TPSA) is 58.6 Å². The number of hydrogen-bond acceptors (Lipinski definition) is 3. The van der Waals surface area contributed by atoms with Crippen LogP contribution in [0.5, 0.6) is 5.75 Å². The van der Waals surface area contributed by atoms with E-state index >= 15 is 0 Å². The van der Waals surface area contributed by atoms with Crippen LogP contribution in [0.15, 0.2) is 36.4 Å². The van der Waals surface area contributed by atoms with Crippen molar-refractivity contribution in [3.05, 3.63) is 58.1 Å². The van der Waals surface area contributed by atoms with Crippen molar-refractivity contribution in [3.63, 3.8) is 0 Å². The van der Waals surface area contributed by atoms with Crippen LogP contribution >= 0.6 is 11.6 Å². The summed E-state index contributed by atoms with van der Waals surface area (Å²) >= 11 is 6.09. The number of aryl methyl sites for hydroxylation is 1. The lowest BCUT2D eigenvalue weighted by molar-refractivity contribution is -0.137. The number of nitrogens with zero attached hydrogens (tertiary/aromatic N) is 1. The molecule has 2 aromatic carbocycles. The van der Waals surface area contributed by atoms with Gasteiger partial charge in [0.05, 0.1) is 24.3 Å². The van der Waals surface area contributed by atoms with Crippen LogP contribution in [0.3, 0.4) is 0 Å². The number of carbonyl (C=O) groups excluding carboxylic acids is 2. The van der Waals surface area contributed by atoms with E-state index in [4.69, 9.17) is 16.3 Å². The third-order valence-corrected chi connectivity index (χ3v) is 5.66. The van der Waals surface area contributed by atoms with E-state index in [9.17, 15) is 22.8 Å². The van der Waals surface area contributed by atoms with Crippen molar-refractivity contribution < 1.29 is 27.5 Å². The van der Waals surface area contributed by atoms with E-state index in [1.165, 1.54) is 24.1 Å². The predicted octanol–water partition coefficient (Wildman–Crippen LogP) is 5.17. The number of likely N-dealkylation sites (tertiary alicyclic amines) is 1. The van der Waals surface area contributed by atoms with Gasteiger partial charge in [-0.2, -0.15) is 13.2 Å². The number of benzene rings is 2. The normalized spacial score (nSPS) is 16.7. The van der Waals surface area contributed by atoms with E-state index < -0.39 is 23.6 Å². The number of nitrogens with one attached hydrogen (secondary N) is 1. The van der Waals surface area contributed by atoms with Gasteiger partial charge in [-0.25, -0.2) is 0 Å². The molecule has 1 aliphatic rings. The van der Waals surface area contributed by atoms with Crippen molar-refractivity contribution in [2.45, 2.75) is 25.9 Å². The summed E-state index contributed by atoms with van der Waals surface area (Å²) in [5.41, 5.74) is 0.305. The number of rotatable bonds is 4. The molecule has 0 aliphatic carbocycles. The Morgan fingerprint density at radius 3 is 2.65 bits per heavy atom. The quantitative estimate of drug-likeness (QED) is 0.693. The molecule has 31 heavy (non-hydrogen) atoms. The third kappa shape index (κ3) is 5.31. The van der Waals surface area contributed by atoms with Gasteiger partial charge in [0.25, 0.3) is 5.91 Å². The second-order valence-electron chi connectivity index (χ2n) is 7.46. The van der Waals surface area contributed by atoms with E-state index in [-0.39, 0.29) is 18.0 Å². The first-order valence-electron chi connectivity index (χ1n) is 9.71. The highest BCUT2D eigenvalue weighted by atomic mass is 35.5. The third-order valence-electron chi connectivity index (χ3n) is 5.25. The van der Waals surface area contributed by atoms with Gasteiger partial charge in [0.2, 0.25) is 5.91 Å². The molecule has 5 nitrogen and oxygen atoms in total. The number of carbonyl (C=O) groups is 2. The Labute approximate surface area is 183 Å². The zero-order valence-corrected chi connectivity index (χ0v) is 17.8. The SMILES string of the molecule is COc1cc(Cl)c(C)cc1NC(=O)C1CCCN(C(=O)c2cccc(C(F)(F)F)c2)C1. The fraction of sp³-hybridized carbons (Fsp3) is 0.364. The second-order valence-corrected chi connectivity index (χ2v) is 7.87. The Morgan fingerprint density at radius 2 is 1.97 bits per heavy atom. The van der Waals surface area contributed by atoms with Crippen molar-refractivity contribution in [3.8, 4) is 5.75 Å². The monoisotopic (exact) mass is 454 g/mol. The first-order chi connectivity index (χ1) is 14.6. The van der Waals surface area contributed by atoms with E-state index in [0.717, 1.165) is 17.7 Å². The highest BCUT2D eigenvalue weighted by Crippen LogP contribution is 2.32. The van der Waals surface area contributed by atoms with Crippen LogP contribution in [0, 0.1) is 12.8 Å². The van der Waals surface area contributed by atoms with Gasteiger partial charge >= 0.3 is 6.18 Å². The summed E-state index contributed by atoms with van der Waals surface area (Å²) in [4.78, 5) is 27.0. The summed E-state index contributed by atoms with van der Waals surface area (Å²) in [6.07, 6.45) is -3.40. The van der Waals surface area contributed by atoms with E-state index in [1.807, 2.05) is 0 Å². The highest BCUT2D eigenvalue weighted by Gasteiger charge is 2.33. The van der Waals surface area contributed by atoms with Gasteiger partial charge in [0.1, 0.15) is 5.75 Å². The van der Waals surface area contributed by atoms with Gasteiger partial charge in [0.15, 0.2) is 0 Å². The summed E-state index contributed by atoms with van der Waals surface area (Å²) < 4.78 is 44.2. The van der Waals surface area contributed by atoms with Crippen molar-refractivity contribution in [2.75, 3.05) is 25.5 Å². The first-order valence-corrected chi connectivity index (χ1v) is 10.1. The fourth-order valence-corrected chi connectivity index (χ4v) is 3.71. The molecule has 2 aromatic rings. The highest BCUT2D eigenvalue weighted by molar-refractivity contribution is 6.31. The van der Waals surface area contributed by atoms with Crippen molar-refractivity contribution in [1.29, 1.82) is 0 Å². The minimum Gasteiger partial charge on any atom is -0.495 e. The predicted molar refractivity (Wildman–Crippen MR) is 111 cm³/mol. The molecule has 1 fully saturated rings. The molecule has 3 rings (SSSR count). The smallest absolute Gasteiger partial charge is 0.416 e. The molecule has 0 radical (unpaired) electrons. The lowest BCUT2D eigenvalue weighted by Gasteiger charge is -2.32. The second kappa shape index (κ2) is 9.18. The molecule has 0 aromatic heterocycles. The number of anilines is 1. The average molecular weight is 455 g/mol. The first kappa shape index (κ1) is 22.9. The minimum atomic E-state index is -4.53. The molecule has 1 aliphatic heterocycles. The zero-order chi connectivity index (χ0) is 22.8. The number of methoxy groups -OCH3 is 1. The summed E-state index contributed by atoms with van der Waals surface area (Å²) in [6.45, 7) is 2.30. The summed E-state index contributed by atoms with van der Waals surface area (Å²) in [6, 6.07) is 7.63. The lowest BCUT2D eigenvalue weighted by Crippen LogP contribution is -2.43. The van der Waals surface area contributed by atoms with E-state index in [2.05, 4.69) is 5.32 Å². The van der Waals surface area contributed by atoms with Crippen LogP contribution < -0.4 is 10.1 Å². The van der Waals surface area contributed by atoms with Gasteiger partial charge in [-0.1, -0.05) is 17.7 Å². The number of hydrogen-bond donors (Lipinski definition) is 1. The zero-order valence-electron chi connectivity index (χ0n) is 17.1. The van der Waals surface area contributed by atoms with Gasteiger partial charge in [0, 0.05) is 29.7 Å². The largest absolute Gasteiger partial charge is 0.495 e. The Bertz CT molecular complexity index is 994. The molecular weight excluding hydrogens is 433 g/mol. The molecule has 2 amide bonds. The maximum absolute atomic E-state index is 13.0. The van der Waals surface area contributed by atoms with Gasteiger partial charge < -0.3 is 15.0 Å². The molecule has 1 heterocycles. The Balaban J connectivity index is 1.73. The number of halogens is 4. The molecule has 0 bridgehead atoms. The van der Waals surface area contributed by atoms with Crippen molar-refractivity contribution >= 4 is 29.1 Å². The summed E-state index contributed by atoms with van der Waals surface area (Å²) in [5, 5.41) is 3.32. The van der Waals surface area contributed by atoms with Gasteiger partial charge in [-0.3, -0.25) is 9.59 Å². The van der Waals surface area contributed by atoms with Gasteiger partial charge in [-0.15, -0.1) is 0 Å². The molecule has 0 spiro atoms. The number of ether oxygens (including phenoxy) is 1. The average Bonchev–Trinajstić information content (AvgIpc) is 2.75. The van der Waals surface area contributed by atoms with Gasteiger partial charge in [-0.05, 0) is 49.6 Å². The standard InChI is InChI=1S/C22H22ClF3N2O3/c1-13-9-18(19(31-2)11-17(13)23)27-20(29)15-6-4-8-28(12-15)21(30)14-5-3-7-16(10-14)22(24,25)26/h3,5,7,9-11,15H,4,6,8,12H2,1-2H3,(H,27,29). The maximum Gasteiger partial charge on any atom is 0.416 e.